The number of unbranched alkanes of at least 4 members (excludes halogenated alkanes) is 1. The zero-order valence-corrected chi connectivity index (χ0v) is 17.4. The van der Waals surface area contributed by atoms with Crippen molar-refractivity contribution in [1.82, 2.24) is 20.1 Å². The van der Waals surface area contributed by atoms with Crippen molar-refractivity contribution in [2.24, 2.45) is 5.92 Å². The Morgan fingerprint density at radius 2 is 1.96 bits per heavy atom. The lowest BCUT2D eigenvalue weighted by atomic mass is 10.00. The van der Waals surface area contributed by atoms with Gasteiger partial charge in [0, 0.05) is 6.54 Å². The molecule has 2 aromatic rings. The average molecular weight is 391 g/mol. The topological polar surface area (TPSA) is 79.8 Å². The molecule has 0 saturated carbocycles. The Morgan fingerprint density at radius 3 is 2.59 bits per heavy atom. The first-order valence-electron chi connectivity index (χ1n) is 9.56. The van der Waals surface area contributed by atoms with E-state index in [1.807, 2.05) is 6.92 Å². The van der Waals surface area contributed by atoms with Crippen LogP contribution in [0.15, 0.2) is 34.2 Å². The van der Waals surface area contributed by atoms with Crippen LogP contribution in [-0.2, 0) is 17.8 Å². The molecule has 27 heavy (non-hydrogen) atoms. The van der Waals surface area contributed by atoms with E-state index in [1.165, 1.54) is 17.3 Å². The predicted octanol–water partition coefficient (Wildman–Crippen LogP) is 3.54. The second-order valence-corrected chi connectivity index (χ2v) is 8.18. The third kappa shape index (κ3) is 6.57. The van der Waals surface area contributed by atoms with Crippen LogP contribution >= 0.6 is 11.8 Å². The molecule has 7 heteroatoms. The molecule has 1 heterocycles. The largest absolute Gasteiger partial charge is 0.349 e. The van der Waals surface area contributed by atoms with Crippen LogP contribution in [0.4, 0.5) is 0 Å². The van der Waals surface area contributed by atoms with Crippen molar-refractivity contribution in [3.63, 3.8) is 0 Å². The van der Waals surface area contributed by atoms with Crippen LogP contribution in [0.25, 0.3) is 0 Å². The molecule has 0 fully saturated rings. The van der Waals surface area contributed by atoms with E-state index in [2.05, 4.69) is 60.6 Å². The fraction of sp³-hybridized carbons (Fsp3) is 0.550. The lowest BCUT2D eigenvalue weighted by molar-refractivity contribution is -0.119. The summed E-state index contributed by atoms with van der Waals surface area (Å²) in [6.07, 6.45) is 2.96. The summed E-state index contributed by atoms with van der Waals surface area (Å²) in [6, 6.07) is 8.34. The number of thioether (sulfide) groups is 1. The molecule has 1 amide bonds. The number of carbonyl (C=O) groups is 1. The van der Waals surface area contributed by atoms with Crippen molar-refractivity contribution < 1.29 is 4.79 Å². The molecule has 2 rings (SSSR count). The number of hydrogen-bond donors (Lipinski definition) is 2. The highest BCUT2D eigenvalue weighted by Crippen LogP contribution is 2.17. The van der Waals surface area contributed by atoms with E-state index in [-0.39, 0.29) is 23.4 Å². The van der Waals surface area contributed by atoms with E-state index in [4.69, 9.17) is 0 Å². The van der Waals surface area contributed by atoms with Crippen LogP contribution in [0.3, 0.4) is 0 Å². The van der Waals surface area contributed by atoms with Crippen molar-refractivity contribution in [1.29, 1.82) is 0 Å². The van der Waals surface area contributed by atoms with E-state index in [0.717, 1.165) is 24.8 Å². The number of nitrogens with one attached hydrogen (secondary N) is 2. The Morgan fingerprint density at radius 1 is 1.26 bits per heavy atom. The normalized spacial score (nSPS) is 12.3. The molecule has 0 saturated heterocycles. The summed E-state index contributed by atoms with van der Waals surface area (Å²) >= 11 is 1.28. The Balaban J connectivity index is 1.87. The number of H-pyrrole nitrogens is 1. The summed E-state index contributed by atoms with van der Waals surface area (Å²) in [6.45, 7) is 9.08. The third-order valence-corrected chi connectivity index (χ3v) is 5.27. The van der Waals surface area contributed by atoms with Crippen LogP contribution in [0.5, 0.6) is 0 Å². The smallest absolute Gasteiger partial charge is 0.343 e. The molecule has 0 aliphatic rings. The SMILES string of the molecule is CCCCn1c(SCC(=O)N[C@@H](C)c2ccc(CC(C)C)cc2)n[nH]c1=O. The monoisotopic (exact) mass is 390 g/mol. The number of aromatic nitrogens is 3. The van der Waals surface area contributed by atoms with Gasteiger partial charge in [-0.15, -0.1) is 5.10 Å². The zero-order chi connectivity index (χ0) is 19.8. The Hall–Kier alpha value is -2.02. The summed E-state index contributed by atoms with van der Waals surface area (Å²) in [5.41, 5.74) is 2.17. The van der Waals surface area contributed by atoms with Gasteiger partial charge in [-0.2, -0.15) is 0 Å². The number of rotatable bonds is 10. The quantitative estimate of drug-likeness (QED) is 0.608. The highest BCUT2D eigenvalue weighted by molar-refractivity contribution is 7.99. The van der Waals surface area contributed by atoms with E-state index < -0.39 is 0 Å². The van der Waals surface area contributed by atoms with Crippen molar-refractivity contribution in [2.45, 2.75) is 64.7 Å². The van der Waals surface area contributed by atoms with Gasteiger partial charge in [0.1, 0.15) is 0 Å². The fourth-order valence-electron chi connectivity index (χ4n) is 2.84. The molecular weight excluding hydrogens is 360 g/mol. The number of aromatic amines is 1. The molecule has 0 radical (unpaired) electrons. The second kappa shape index (κ2) is 10.3. The number of nitrogens with zero attached hydrogens (tertiary/aromatic N) is 2. The van der Waals surface area contributed by atoms with Crippen molar-refractivity contribution in [3.8, 4) is 0 Å². The molecule has 6 nitrogen and oxygen atoms in total. The summed E-state index contributed by atoms with van der Waals surface area (Å²) in [7, 11) is 0. The van der Waals surface area contributed by atoms with E-state index in [1.54, 1.807) is 4.57 Å². The van der Waals surface area contributed by atoms with Crippen molar-refractivity contribution >= 4 is 17.7 Å². The van der Waals surface area contributed by atoms with Gasteiger partial charge in [-0.25, -0.2) is 9.89 Å². The van der Waals surface area contributed by atoms with E-state index >= 15 is 0 Å². The molecule has 0 aliphatic carbocycles. The minimum Gasteiger partial charge on any atom is -0.349 e. The van der Waals surface area contributed by atoms with Gasteiger partial charge in [0.15, 0.2) is 5.16 Å². The van der Waals surface area contributed by atoms with Gasteiger partial charge in [-0.3, -0.25) is 9.36 Å². The molecule has 0 bridgehead atoms. The summed E-state index contributed by atoms with van der Waals surface area (Å²) < 4.78 is 1.60. The van der Waals surface area contributed by atoms with Crippen LogP contribution in [0, 0.1) is 5.92 Å². The first-order valence-corrected chi connectivity index (χ1v) is 10.6. The van der Waals surface area contributed by atoms with Crippen LogP contribution in [0.2, 0.25) is 0 Å². The standard InChI is InChI=1S/C20H30N4O2S/c1-5-6-11-24-19(26)22-23-20(24)27-13-18(25)21-15(4)17-9-7-16(8-10-17)12-14(2)3/h7-10,14-15H,5-6,11-13H2,1-4H3,(H,21,25)(H,22,26)/t15-/m0/s1. The van der Waals surface area contributed by atoms with Crippen molar-refractivity contribution in [2.75, 3.05) is 5.75 Å². The van der Waals surface area contributed by atoms with Gasteiger partial charge in [0.25, 0.3) is 0 Å². The highest BCUT2D eigenvalue weighted by Gasteiger charge is 2.13. The number of amides is 1. The molecule has 0 unspecified atom stereocenters. The lowest BCUT2D eigenvalue weighted by Crippen LogP contribution is -2.28. The first kappa shape index (κ1) is 21.3. The van der Waals surface area contributed by atoms with E-state index in [0.29, 0.717) is 17.6 Å². The molecule has 1 atom stereocenters. The maximum atomic E-state index is 12.3. The highest BCUT2D eigenvalue weighted by atomic mass is 32.2. The summed E-state index contributed by atoms with van der Waals surface area (Å²) in [4.78, 5) is 24.1. The summed E-state index contributed by atoms with van der Waals surface area (Å²) in [5, 5.41) is 10.1. The average Bonchev–Trinajstić information content (AvgIpc) is 2.98. The molecule has 1 aromatic heterocycles. The van der Waals surface area contributed by atoms with Gasteiger partial charge in [0.2, 0.25) is 5.91 Å². The van der Waals surface area contributed by atoms with Crippen molar-refractivity contribution in [3.05, 3.63) is 45.9 Å². The van der Waals surface area contributed by atoms with Crippen LogP contribution < -0.4 is 11.0 Å². The van der Waals surface area contributed by atoms with Gasteiger partial charge in [0.05, 0.1) is 11.8 Å². The fourth-order valence-corrected chi connectivity index (χ4v) is 3.62. The van der Waals surface area contributed by atoms with Gasteiger partial charge in [-0.05, 0) is 36.8 Å². The molecular formula is C20H30N4O2S. The molecule has 0 spiro atoms. The maximum Gasteiger partial charge on any atom is 0.343 e. The Labute approximate surface area is 165 Å². The number of carbonyl (C=O) groups excluding carboxylic acids is 1. The summed E-state index contributed by atoms with van der Waals surface area (Å²) in [5.74, 6) is 0.782. The Bertz CT molecular complexity index is 780. The van der Waals surface area contributed by atoms with Gasteiger partial charge < -0.3 is 5.32 Å². The minimum atomic E-state index is -0.221. The zero-order valence-electron chi connectivity index (χ0n) is 16.6. The third-order valence-electron chi connectivity index (χ3n) is 4.29. The minimum absolute atomic E-state index is 0.0623. The Kier molecular flexibility index (Phi) is 8.16. The molecule has 0 aliphatic heterocycles. The second-order valence-electron chi connectivity index (χ2n) is 7.23. The molecule has 148 valence electrons. The molecule has 1 aromatic carbocycles. The van der Waals surface area contributed by atoms with E-state index in [9.17, 15) is 9.59 Å². The van der Waals surface area contributed by atoms with Gasteiger partial charge >= 0.3 is 5.69 Å². The predicted molar refractivity (Wildman–Crippen MR) is 110 cm³/mol. The maximum absolute atomic E-state index is 12.3. The first-order chi connectivity index (χ1) is 12.9. The van der Waals surface area contributed by atoms with Crippen LogP contribution in [-0.4, -0.2) is 26.4 Å². The van der Waals surface area contributed by atoms with Gasteiger partial charge in [-0.1, -0.05) is 63.2 Å². The number of benzene rings is 1. The lowest BCUT2D eigenvalue weighted by Gasteiger charge is -2.15. The molecule has 2 N–H and O–H groups in total. The van der Waals surface area contributed by atoms with Crippen LogP contribution in [0.1, 0.15) is 57.7 Å². The number of hydrogen-bond acceptors (Lipinski definition) is 4.